The van der Waals surface area contributed by atoms with E-state index in [0.717, 1.165) is 23.1 Å². The molecule has 216 valence electrons. The molecule has 3 rings (SSSR count). The Kier molecular flexibility index (Phi) is 12.5. The normalized spacial score (nSPS) is 11.8. The first-order chi connectivity index (χ1) is 19.9. The van der Waals surface area contributed by atoms with Crippen LogP contribution < -0.4 is 9.47 Å². The van der Waals surface area contributed by atoms with Crippen LogP contribution >= 0.6 is 0 Å². The van der Waals surface area contributed by atoms with Crippen molar-refractivity contribution in [3.63, 3.8) is 0 Å². The number of unbranched alkanes of at least 4 members (excludes halogenated alkanes) is 4. The molecular weight excluding hydrogens is 516 g/mol. The molecule has 0 aliphatic carbocycles. The second-order valence-electron chi connectivity index (χ2n) is 9.85. The third-order valence-corrected chi connectivity index (χ3v) is 6.94. The van der Waals surface area contributed by atoms with Crippen LogP contribution in [0.4, 0.5) is 0 Å². The van der Waals surface area contributed by atoms with E-state index in [2.05, 4.69) is 31.2 Å². The number of benzene rings is 3. The van der Waals surface area contributed by atoms with Gasteiger partial charge in [-0.2, -0.15) is 0 Å². The van der Waals surface area contributed by atoms with Crippen LogP contribution in [0.3, 0.4) is 0 Å². The summed E-state index contributed by atoms with van der Waals surface area (Å²) in [4.78, 5) is 25.0. The van der Waals surface area contributed by atoms with E-state index in [-0.39, 0.29) is 22.6 Å². The number of aryl methyl sites for hydroxylation is 1. The van der Waals surface area contributed by atoms with Crippen LogP contribution in [0.25, 0.3) is 22.3 Å². The second kappa shape index (κ2) is 16.3. The summed E-state index contributed by atoms with van der Waals surface area (Å²) in [5.74, 6) is -1.09. The topological polar surface area (TPSA) is 93.1 Å². The zero-order valence-corrected chi connectivity index (χ0v) is 24.2. The highest BCUT2D eigenvalue weighted by Gasteiger charge is 2.16. The molecule has 0 bridgehead atoms. The van der Waals surface area contributed by atoms with E-state index in [1.165, 1.54) is 55.9 Å². The van der Waals surface area contributed by atoms with Gasteiger partial charge < -0.3 is 19.7 Å². The molecule has 3 aromatic carbocycles. The highest BCUT2D eigenvalue weighted by Crippen LogP contribution is 2.32. The molecule has 0 saturated carbocycles. The highest BCUT2D eigenvalue weighted by molar-refractivity contribution is 5.92. The third kappa shape index (κ3) is 9.27. The van der Waals surface area contributed by atoms with Gasteiger partial charge in [0.1, 0.15) is 11.5 Å². The zero-order valence-electron chi connectivity index (χ0n) is 24.2. The molecule has 0 spiro atoms. The van der Waals surface area contributed by atoms with E-state index in [0.29, 0.717) is 5.56 Å². The fraction of sp³-hybridized carbons (Fsp3) is 0.314. The van der Waals surface area contributed by atoms with Crippen molar-refractivity contribution in [2.75, 3.05) is 13.2 Å². The van der Waals surface area contributed by atoms with Gasteiger partial charge in [0, 0.05) is 6.07 Å². The van der Waals surface area contributed by atoms with Gasteiger partial charge in [-0.05, 0) is 66.6 Å². The predicted molar refractivity (Wildman–Crippen MR) is 163 cm³/mol. The summed E-state index contributed by atoms with van der Waals surface area (Å²) in [6.45, 7) is 4.58. The SMILES string of the molecule is C/C=C(\CO)C(=O)Oc1cc(OC(=O)/C(=C/C)CO)cc(-c2ccc(-c3ccc(CCCCCCC)cc3)cc2)c1. The van der Waals surface area contributed by atoms with Crippen LogP contribution in [-0.2, 0) is 16.0 Å². The Bertz CT molecular complexity index is 1300. The van der Waals surface area contributed by atoms with Gasteiger partial charge in [-0.1, -0.05) is 93.3 Å². The van der Waals surface area contributed by atoms with Crippen molar-refractivity contribution in [3.8, 4) is 33.8 Å². The summed E-state index contributed by atoms with van der Waals surface area (Å²) in [5.41, 5.74) is 5.25. The minimum absolute atomic E-state index is 0.109. The number of esters is 2. The third-order valence-electron chi connectivity index (χ3n) is 6.94. The summed E-state index contributed by atoms with van der Waals surface area (Å²) in [6, 6.07) is 21.4. The Hall–Kier alpha value is -4.00. The molecular formula is C35H40O6. The molecule has 0 amide bonds. The van der Waals surface area contributed by atoms with Gasteiger partial charge >= 0.3 is 11.9 Å². The van der Waals surface area contributed by atoms with E-state index in [4.69, 9.17) is 9.47 Å². The van der Waals surface area contributed by atoms with Crippen LogP contribution in [0.5, 0.6) is 11.5 Å². The first-order valence-electron chi connectivity index (χ1n) is 14.2. The molecule has 0 atom stereocenters. The van der Waals surface area contributed by atoms with Gasteiger partial charge in [-0.15, -0.1) is 0 Å². The second-order valence-corrected chi connectivity index (χ2v) is 9.85. The molecule has 0 aliphatic rings. The van der Waals surface area contributed by atoms with E-state index in [1.807, 2.05) is 24.3 Å². The summed E-state index contributed by atoms with van der Waals surface area (Å²) in [5, 5.41) is 18.9. The molecule has 3 aromatic rings. The number of hydrogen-bond acceptors (Lipinski definition) is 6. The summed E-state index contributed by atoms with van der Waals surface area (Å²) in [6.07, 6.45) is 10.4. The van der Waals surface area contributed by atoms with Crippen molar-refractivity contribution >= 4 is 11.9 Å². The molecule has 41 heavy (non-hydrogen) atoms. The van der Waals surface area contributed by atoms with Crippen molar-refractivity contribution in [1.29, 1.82) is 0 Å². The lowest BCUT2D eigenvalue weighted by Crippen LogP contribution is -2.15. The van der Waals surface area contributed by atoms with E-state index >= 15 is 0 Å². The zero-order chi connectivity index (χ0) is 29.6. The van der Waals surface area contributed by atoms with Gasteiger partial charge in [-0.25, -0.2) is 9.59 Å². The smallest absolute Gasteiger partial charge is 0.341 e. The van der Waals surface area contributed by atoms with Crippen molar-refractivity contribution in [2.24, 2.45) is 0 Å². The molecule has 6 nitrogen and oxygen atoms in total. The van der Waals surface area contributed by atoms with Gasteiger partial charge in [0.2, 0.25) is 0 Å². The molecule has 6 heteroatoms. The Balaban J connectivity index is 1.83. The highest BCUT2D eigenvalue weighted by atomic mass is 16.5. The average molecular weight is 557 g/mol. The summed E-state index contributed by atoms with van der Waals surface area (Å²) >= 11 is 0. The van der Waals surface area contributed by atoms with Crippen LogP contribution in [0.2, 0.25) is 0 Å². The number of allylic oxidation sites excluding steroid dienone is 2. The minimum atomic E-state index is -0.700. The van der Waals surface area contributed by atoms with Crippen LogP contribution in [0.1, 0.15) is 58.4 Å². The number of ether oxygens (including phenoxy) is 2. The maximum Gasteiger partial charge on any atom is 0.341 e. The summed E-state index contributed by atoms with van der Waals surface area (Å²) < 4.78 is 11.0. The number of rotatable bonds is 14. The molecule has 0 aromatic heterocycles. The molecule has 0 radical (unpaired) electrons. The maximum absolute atomic E-state index is 12.5. The molecule has 2 N–H and O–H groups in total. The Morgan fingerprint density at radius 2 is 1.07 bits per heavy atom. The number of carbonyl (C=O) groups is 2. The fourth-order valence-electron chi connectivity index (χ4n) is 4.40. The molecule has 0 unspecified atom stereocenters. The molecule has 0 aliphatic heterocycles. The van der Waals surface area contributed by atoms with E-state index < -0.39 is 25.2 Å². The van der Waals surface area contributed by atoms with Crippen LogP contribution in [0.15, 0.2) is 90.0 Å². The van der Waals surface area contributed by atoms with Crippen molar-refractivity contribution < 1.29 is 29.3 Å². The standard InChI is InChI=1S/C35H40O6/c1-4-7-8-9-10-11-25-12-14-28(15-13-25)29-16-18-30(19-17-29)31-20-32(40-34(38)26(5-2)23-36)22-33(21-31)41-35(39)27(6-3)24-37/h5-6,12-22,36-37H,4,7-11,23-24H2,1-3H3/b26-5+,27-6+. The largest absolute Gasteiger partial charge is 0.423 e. The van der Waals surface area contributed by atoms with Gasteiger partial charge in [0.25, 0.3) is 0 Å². The number of hydrogen-bond donors (Lipinski definition) is 2. The Labute approximate surface area is 243 Å². The maximum atomic E-state index is 12.5. The lowest BCUT2D eigenvalue weighted by molar-refractivity contribution is -0.131. The van der Waals surface area contributed by atoms with E-state index in [1.54, 1.807) is 26.0 Å². The predicted octanol–water partition coefficient (Wildman–Crippen LogP) is 7.22. The van der Waals surface area contributed by atoms with Gasteiger partial charge in [0.15, 0.2) is 0 Å². The number of carbonyl (C=O) groups excluding carboxylic acids is 2. The fourth-order valence-corrected chi connectivity index (χ4v) is 4.40. The molecule has 0 saturated heterocycles. The molecule has 0 fully saturated rings. The quantitative estimate of drug-likeness (QED) is 0.0942. The first kappa shape index (κ1) is 31.5. The summed E-state index contributed by atoms with van der Waals surface area (Å²) in [7, 11) is 0. The first-order valence-corrected chi connectivity index (χ1v) is 14.2. The van der Waals surface area contributed by atoms with Crippen LogP contribution in [0, 0.1) is 0 Å². The number of aliphatic hydroxyl groups is 2. The van der Waals surface area contributed by atoms with Crippen LogP contribution in [-0.4, -0.2) is 35.4 Å². The van der Waals surface area contributed by atoms with Gasteiger partial charge in [0.05, 0.1) is 24.4 Å². The Morgan fingerprint density at radius 3 is 1.51 bits per heavy atom. The molecule has 0 heterocycles. The van der Waals surface area contributed by atoms with Gasteiger partial charge in [-0.3, -0.25) is 0 Å². The monoisotopic (exact) mass is 556 g/mol. The average Bonchev–Trinajstić information content (AvgIpc) is 2.98. The lowest BCUT2D eigenvalue weighted by atomic mass is 9.98. The van der Waals surface area contributed by atoms with Crippen molar-refractivity contribution in [1.82, 2.24) is 0 Å². The lowest BCUT2D eigenvalue weighted by Gasteiger charge is -2.12. The van der Waals surface area contributed by atoms with Crippen molar-refractivity contribution in [2.45, 2.75) is 59.3 Å². The van der Waals surface area contributed by atoms with Crippen molar-refractivity contribution in [3.05, 3.63) is 95.6 Å². The van der Waals surface area contributed by atoms with E-state index in [9.17, 15) is 19.8 Å². The Morgan fingerprint density at radius 1 is 0.634 bits per heavy atom. The minimum Gasteiger partial charge on any atom is -0.423 e. The number of aliphatic hydroxyl groups excluding tert-OH is 2.